The zero-order valence-electron chi connectivity index (χ0n) is 16.2. The van der Waals surface area contributed by atoms with Gasteiger partial charge in [0.15, 0.2) is 0 Å². The molecule has 0 saturated carbocycles. The van der Waals surface area contributed by atoms with Crippen molar-refractivity contribution in [1.29, 1.82) is 0 Å². The summed E-state index contributed by atoms with van der Waals surface area (Å²) >= 11 is 0. The van der Waals surface area contributed by atoms with E-state index in [4.69, 9.17) is 0 Å². The minimum atomic E-state index is -0.0644. The van der Waals surface area contributed by atoms with Crippen molar-refractivity contribution in [2.45, 2.75) is 46.1 Å². The summed E-state index contributed by atoms with van der Waals surface area (Å²) in [6.07, 6.45) is 3.34. The van der Waals surface area contributed by atoms with Crippen LogP contribution in [-0.2, 0) is 0 Å². The van der Waals surface area contributed by atoms with E-state index in [1.165, 1.54) is 6.42 Å². The Bertz CT molecular complexity index is 693. The molecule has 0 radical (unpaired) electrons. The van der Waals surface area contributed by atoms with Crippen molar-refractivity contribution in [3.63, 3.8) is 0 Å². The van der Waals surface area contributed by atoms with Gasteiger partial charge in [-0.05, 0) is 37.0 Å². The van der Waals surface area contributed by atoms with Gasteiger partial charge in [0.05, 0.1) is 6.04 Å². The Labute approximate surface area is 158 Å². The summed E-state index contributed by atoms with van der Waals surface area (Å²) < 4.78 is 0. The molecule has 0 saturated heterocycles. The first-order valence-corrected chi connectivity index (χ1v) is 9.59. The molecule has 138 valence electrons. The smallest absolute Gasteiger partial charge is 0.251 e. The Morgan fingerprint density at radius 1 is 1.00 bits per heavy atom. The van der Waals surface area contributed by atoms with E-state index in [-0.39, 0.29) is 17.9 Å². The van der Waals surface area contributed by atoms with Crippen molar-refractivity contribution >= 4 is 5.91 Å². The number of carbonyl (C=O) groups excluding carboxylic acids is 1. The van der Waals surface area contributed by atoms with Gasteiger partial charge in [0, 0.05) is 11.5 Å². The van der Waals surface area contributed by atoms with Gasteiger partial charge in [0.1, 0.15) is 0 Å². The predicted molar refractivity (Wildman–Crippen MR) is 110 cm³/mol. The molecule has 2 rings (SSSR count). The first-order chi connectivity index (χ1) is 12.5. The second kappa shape index (κ2) is 9.96. The third kappa shape index (κ3) is 5.59. The summed E-state index contributed by atoms with van der Waals surface area (Å²) in [4.78, 5) is 12.8. The Hall–Kier alpha value is -2.35. The summed E-state index contributed by atoms with van der Waals surface area (Å²) in [6.45, 7) is 10.8. The highest BCUT2D eigenvalue weighted by molar-refractivity contribution is 5.94. The lowest BCUT2D eigenvalue weighted by atomic mass is 9.82. The normalized spacial score (nSPS) is 14.3. The molecule has 0 heterocycles. The lowest BCUT2D eigenvalue weighted by Crippen LogP contribution is -2.34. The van der Waals surface area contributed by atoms with Gasteiger partial charge in [-0.25, -0.2) is 0 Å². The average Bonchev–Trinajstić information content (AvgIpc) is 2.68. The summed E-state index contributed by atoms with van der Waals surface area (Å²) in [6, 6.07) is 19.6. The number of benzene rings is 2. The number of hydrogen-bond acceptors (Lipinski definition) is 1. The molecular formula is C24H31NO. The second-order valence-electron chi connectivity index (χ2n) is 7.27. The van der Waals surface area contributed by atoms with Crippen molar-refractivity contribution in [3.05, 3.63) is 83.9 Å². The molecule has 1 amide bonds. The topological polar surface area (TPSA) is 29.1 Å². The molecular weight excluding hydrogens is 318 g/mol. The van der Waals surface area contributed by atoms with Crippen LogP contribution in [0.15, 0.2) is 72.8 Å². The van der Waals surface area contributed by atoms with Crippen LogP contribution in [0.1, 0.15) is 62.0 Å². The van der Waals surface area contributed by atoms with Crippen LogP contribution < -0.4 is 5.32 Å². The molecule has 0 aromatic heterocycles. The Balaban J connectivity index is 2.27. The molecule has 0 aliphatic carbocycles. The standard InChI is InChI=1S/C24H31NO/c1-5-19(4)16-17-22(18(2)3)23(20-12-8-6-9-13-20)25-24(26)21-14-10-7-11-15-21/h6-15,19,22-23H,2,5,16-17H2,1,3-4H3,(H,25,26). The summed E-state index contributed by atoms with van der Waals surface area (Å²) in [5.74, 6) is 0.867. The van der Waals surface area contributed by atoms with E-state index in [0.29, 0.717) is 11.5 Å². The maximum Gasteiger partial charge on any atom is 0.251 e. The SMILES string of the molecule is C=C(C)C(CCC(C)CC)C(NC(=O)c1ccccc1)c1ccccc1. The molecule has 0 aliphatic rings. The highest BCUT2D eigenvalue weighted by Gasteiger charge is 2.26. The van der Waals surface area contributed by atoms with Gasteiger partial charge < -0.3 is 5.32 Å². The number of nitrogens with one attached hydrogen (secondary N) is 1. The molecule has 0 spiro atoms. The summed E-state index contributed by atoms with van der Waals surface area (Å²) in [5.41, 5.74) is 2.94. The van der Waals surface area contributed by atoms with Gasteiger partial charge >= 0.3 is 0 Å². The average molecular weight is 350 g/mol. The summed E-state index contributed by atoms with van der Waals surface area (Å²) in [5, 5.41) is 3.27. The molecule has 2 heteroatoms. The minimum absolute atomic E-state index is 0.0331. The van der Waals surface area contributed by atoms with Crippen LogP contribution in [0.3, 0.4) is 0 Å². The molecule has 1 N–H and O–H groups in total. The zero-order valence-corrected chi connectivity index (χ0v) is 16.2. The molecule has 0 bridgehead atoms. The van der Waals surface area contributed by atoms with Crippen LogP contribution in [0.4, 0.5) is 0 Å². The molecule has 0 aliphatic heterocycles. The van der Waals surface area contributed by atoms with Crippen LogP contribution in [-0.4, -0.2) is 5.91 Å². The monoisotopic (exact) mass is 349 g/mol. The quantitative estimate of drug-likeness (QED) is 0.538. The van der Waals surface area contributed by atoms with Gasteiger partial charge in [-0.2, -0.15) is 0 Å². The molecule has 2 aromatic rings. The minimum Gasteiger partial charge on any atom is -0.345 e. The second-order valence-corrected chi connectivity index (χ2v) is 7.27. The third-order valence-corrected chi connectivity index (χ3v) is 5.18. The number of amides is 1. The Morgan fingerprint density at radius 3 is 2.12 bits per heavy atom. The maximum absolute atomic E-state index is 12.8. The van der Waals surface area contributed by atoms with Gasteiger partial charge in [0.25, 0.3) is 5.91 Å². The van der Waals surface area contributed by atoms with Crippen LogP contribution in [0.2, 0.25) is 0 Å². The van der Waals surface area contributed by atoms with Crippen molar-refractivity contribution in [3.8, 4) is 0 Å². The van der Waals surface area contributed by atoms with E-state index in [0.717, 1.165) is 24.0 Å². The van der Waals surface area contributed by atoms with Crippen LogP contribution in [0.25, 0.3) is 0 Å². The first kappa shape index (κ1) is 20.0. The Morgan fingerprint density at radius 2 is 1.58 bits per heavy atom. The van der Waals surface area contributed by atoms with Gasteiger partial charge in [0.2, 0.25) is 0 Å². The van der Waals surface area contributed by atoms with E-state index < -0.39 is 0 Å². The molecule has 0 fully saturated rings. The fraction of sp³-hybridized carbons (Fsp3) is 0.375. The van der Waals surface area contributed by atoms with E-state index in [2.05, 4.69) is 44.8 Å². The van der Waals surface area contributed by atoms with Gasteiger partial charge in [-0.15, -0.1) is 0 Å². The molecule has 26 heavy (non-hydrogen) atoms. The molecule has 3 unspecified atom stereocenters. The number of rotatable bonds is 9. The van der Waals surface area contributed by atoms with Crippen molar-refractivity contribution < 1.29 is 4.79 Å². The third-order valence-electron chi connectivity index (χ3n) is 5.18. The molecule has 2 aromatic carbocycles. The molecule has 3 atom stereocenters. The highest BCUT2D eigenvalue weighted by Crippen LogP contribution is 2.32. The largest absolute Gasteiger partial charge is 0.345 e. The number of carbonyl (C=O) groups is 1. The zero-order chi connectivity index (χ0) is 18.9. The van der Waals surface area contributed by atoms with E-state index in [9.17, 15) is 4.79 Å². The van der Waals surface area contributed by atoms with E-state index >= 15 is 0 Å². The Kier molecular flexibility index (Phi) is 7.65. The van der Waals surface area contributed by atoms with Crippen molar-refractivity contribution in [1.82, 2.24) is 5.32 Å². The lowest BCUT2D eigenvalue weighted by Gasteiger charge is -2.30. The van der Waals surface area contributed by atoms with Crippen LogP contribution >= 0.6 is 0 Å². The maximum atomic E-state index is 12.8. The van der Waals surface area contributed by atoms with E-state index in [1.807, 2.05) is 48.5 Å². The van der Waals surface area contributed by atoms with Gasteiger partial charge in [-0.1, -0.05) is 87.4 Å². The molecule has 2 nitrogen and oxygen atoms in total. The fourth-order valence-corrected chi connectivity index (χ4v) is 3.26. The van der Waals surface area contributed by atoms with Crippen LogP contribution in [0.5, 0.6) is 0 Å². The summed E-state index contributed by atoms with van der Waals surface area (Å²) in [7, 11) is 0. The van der Waals surface area contributed by atoms with Crippen molar-refractivity contribution in [2.75, 3.05) is 0 Å². The van der Waals surface area contributed by atoms with E-state index in [1.54, 1.807) is 0 Å². The van der Waals surface area contributed by atoms with Crippen LogP contribution in [0, 0.1) is 11.8 Å². The fourth-order valence-electron chi connectivity index (χ4n) is 3.26. The lowest BCUT2D eigenvalue weighted by molar-refractivity contribution is 0.0924. The predicted octanol–water partition coefficient (Wildman–Crippen LogP) is 6.18. The first-order valence-electron chi connectivity index (χ1n) is 9.59. The highest BCUT2D eigenvalue weighted by atomic mass is 16.1. The van der Waals surface area contributed by atoms with Gasteiger partial charge in [-0.3, -0.25) is 4.79 Å². The van der Waals surface area contributed by atoms with Crippen molar-refractivity contribution in [2.24, 2.45) is 11.8 Å². The number of hydrogen-bond donors (Lipinski definition) is 1.